The summed E-state index contributed by atoms with van der Waals surface area (Å²) in [7, 11) is 0. The molecule has 3 N–H and O–H groups in total. The Morgan fingerprint density at radius 2 is 1.78 bits per heavy atom. The average Bonchev–Trinajstić information content (AvgIpc) is 2.90. The van der Waals surface area contributed by atoms with Crippen LogP contribution in [0.2, 0.25) is 0 Å². The monoisotopic (exact) mass is 252 g/mol. The van der Waals surface area contributed by atoms with Crippen molar-refractivity contribution in [1.82, 2.24) is 5.43 Å². The smallest absolute Gasteiger partial charge is 0.0297 e. The molecule has 2 nitrogen and oxygen atoms in total. The van der Waals surface area contributed by atoms with Crippen molar-refractivity contribution in [2.24, 2.45) is 23.1 Å². The van der Waals surface area contributed by atoms with Gasteiger partial charge in [-0.15, -0.1) is 0 Å². The van der Waals surface area contributed by atoms with Crippen LogP contribution in [0.1, 0.15) is 78.1 Å². The van der Waals surface area contributed by atoms with Crippen molar-refractivity contribution in [2.45, 2.75) is 84.1 Å². The van der Waals surface area contributed by atoms with Crippen LogP contribution < -0.4 is 11.3 Å². The minimum Gasteiger partial charge on any atom is -0.271 e. The second-order valence-corrected chi connectivity index (χ2v) is 6.68. The molecule has 2 heteroatoms. The van der Waals surface area contributed by atoms with Gasteiger partial charge in [0.2, 0.25) is 0 Å². The first kappa shape index (κ1) is 14.3. The molecule has 0 aliphatic heterocycles. The summed E-state index contributed by atoms with van der Waals surface area (Å²) < 4.78 is 0. The van der Waals surface area contributed by atoms with Gasteiger partial charge in [-0.1, -0.05) is 52.4 Å². The van der Waals surface area contributed by atoms with E-state index in [1.807, 2.05) is 0 Å². The third kappa shape index (κ3) is 2.60. The predicted octanol–water partition coefficient (Wildman–Crippen LogP) is 4.01. The van der Waals surface area contributed by atoms with Gasteiger partial charge in [0.25, 0.3) is 0 Å². The molecule has 0 spiro atoms. The van der Waals surface area contributed by atoms with Gasteiger partial charge in [0, 0.05) is 6.04 Å². The Bertz CT molecular complexity index is 245. The molecule has 2 rings (SSSR count). The second kappa shape index (κ2) is 6.38. The van der Waals surface area contributed by atoms with Crippen molar-refractivity contribution >= 4 is 0 Å². The van der Waals surface area contributed by atoms with E-state index in [9.17, 15) is 0 Å². The van der Waals surface area contributed by atoms with Crippen molar-refractivity contribution < 1.29 is 0 Å². The highest BCUT2D eigenvalue weighted by Gasteiger charge is 2.45. The van der Waals surface area contributed by atoms with E-state index >= 15 is 0 Å². The minimum absolute atomic E-state index is 0.504. The molecule has 106 valence electrons. The van der Waals surface area contributed by atoms with Gasteiger partial charge in [0.15, 0.2) is 0 Å². The van der Waals surface area contributed by atoms with E-state index in [4.69, 9.17) is 5.84 Å². The summed E-state index contributed by atoms with van der Waals surface area (Å²) in [6.45, 7) is 4.74. The molecule has 18 heavy (non-hydrogen) atoms. The van der Waals surface area contributed by atoms with Crippen molar-refractivity contribution in [3.63, 3.8) is 0 Å². The van der Waals surface area contributed by atoms with Crippen LogP contribution >= 0.6 is 0 Å². The quantitative estimate of drug-likeness (QED) is 0.573. The molecule has 0 bridgehead atoms. The molecule has 0 aromatic heterocycles. The summed E-state index contributed by atoms with van der Waals surface area (Å²) in [6, 6.07) is 0.565. The summed E-state index contributed by atoms with van der Waals surface area (Å²) in [5, 5.41) is 0. The van der Waals surface area contributed by atoms with Crippen LogP contribution in [-0.4, -0.2) is 6.04 Å². The highest BCUT2D eigenvalue weighted by atomic mass is 15.2. The SMILES string of the molecule is CCC1CCCCC1C(NN)C1(CC)CCCC1. The molecule has 3 unspecified atom stereocenters. The van der Waals surface area contributed by atoms with Crippen LogP contribution in [0, 0.1) is 17.3 Å². The van der Waals surface area contributed by atoms with Crippen LogP contribution in [0.5, 0.6) is 0 Å². The van der Waals surface area contributed by atoms with E-state index < -0.39 is 0 Å². The predicted molar refractivity (Wildman–Crippen MR) is 78.0 cm³/mol. The van der Waals surface area contributed by atoms with Gasteiger partial charge in [-0.25, -0.2) is 0 Å². The Hall–Kier alpha value is -0.0800. The van der Waals surface area contributed by atoms with Gasteiger partial charge in [0.05, 0.1) is 0 Å². The normalized spacial score (nSPS) is 33.5. The average molecular weight is 252 g/mol. The fourth-order valence-corrected chi connectivity index (χ4v) is 4.90. The van der Waals surface area contributed by atoms with Gasteiger partial charge in [0.1, 0.15) is 0 Å². The minimum atomic E-state index is 0.504. The molecule has 0 aromatic carbocycles. The lowest BCUT2D eigenvalue weighted by atomic mass is 9.64. The molecule has 2 fully saturated rings. The molecule has 2 saturated carbocycles. The summed E-state index contributed by atoms with van der Waals surface area (Å²) >= 11 is 0. The number of rotatable bonds is 5. The third-order valence-electron chi connectivity index (χ3n) is 6.06. The largest absolute Gasteiger partial charge is 0.271 e. The number of hydrazine groups is 1. The van der Waals surface area contributed by atoms with E-state index in [2.05, 4.69) is 19.3 Å². The van der Waals surface area contributed by atoms with Crippen molar-refractivity contribution in [1.29, 1.82) is 0 Å². The molecule has 3 atom stereocenters. The molecule has 0 saturated heterocycles. The molecule has 2 aliphatic carbocycles. The van der Waals surface area contributed by atoms with Crippen molar-refractivity contribution in [2.75, 3.05) is 0 Å². The molecular weight excluding hydrogens is 220 g/mol. The molecular formula is C16H32N2. The van der Waals surface area contributed by atoms with E-state index in [0.29, 0.717) is 11.5 Å². The number of hydrogen-bond acceptors (Lipinski definition) is 2. The maximum absolute atomic E-state index is 6.01. The van der Waals surface area contributed by atoms with Crippen LogP contribution in [0.3, 0.4) is 0 Å². The van der Waals surface area contributed by atoms with Crippen molar-refractivity contribution in [3.05, 3.63) is 0 Å². The van der Waals surface area contributed by atoms with E-state index in [-0.39, 0.29) is 0 Å². The first-order valence-electron chi connectivity index (χ1n) is 8.23. The van der Waals surface area contributed by atoms with Gasteiger partial charge >= 0.3 is 0 Å². The second-order valence-electron chi connectivity index (χ2n) is 6.68. The third-order valence-corrected chi connectivity index (χ3v) is 6.06. The maximum Gasteiger partial charge on any atom is 0.0297 e. The molecule has 2 aliphatic rings. The Morgan fingerprint density at radius 3 is 2.33 bits per heavy atom. The lowest BCUT2D eigenvalue weighted by molar-refractivity contribution is 0.0713. The zero-order chi connectivity index (χ0) is 13.0. The van der Waals surface area contributed by atoms with Gasteiger partial charge in [-0.05, 0) is 42.9 Å². The zero-order valence-electron chi connectivity index (χ0n) is 12.4. The number of nitrogens with two attached hydrogens (primary N) is 1. The van der Waals surface area contributed by atoms with Crippen LogP contribution in [0.4, 0.5) is 0 Å². The maximum atomic E-state index is 6.01. The summed E-state index contributed by atoms with van der Waals surface area (Å²) in [5.41, 5.74) is 3.77. The highest BCUT2D eigenvalue weighted by molar-refractivity contribution is 4.98. The fourth-order valence-electron chi connectivity index (χ4n) is 4.90. The highest BCUT2D eigenvalue weighted by Crippen LogP contribution is 2.49. The van der Waals surface area contributed by atoms with Crippen molar-refractivity contribution in [3.8, 4) is 0 Å². The zero-order valence-corrected chi connectivity index (χ0v) is 12.4. The van der Waals surface area contributed by atoms with E-state index in [1.54, 1.807) is 0 Å². The first-order valence-corrected chi connectivity index (χ1v) is 8.23. The molecule has 0 amide bonds. The standard InChI is InChI=1S/C16H32N2/c1-3-13-9-5-6-10-14(13)15(18-17)16(4-2)11-7-8-12-16/h13-15,18H,3-12,17H2,1-2H3. The lowest BCUT2D eigenvalue weighted by Crippen LogP contribution is -2.54. The first-order chi connectivity index (χ1) is 8.77. The Kier molecular flexibility index (Phi) is 5.08. The topological polar surface area (TPSA) is 38.0 Å². The number of hydrogen-bond donors (Lipinski definition) is 2. The van der Waals surface area contributed by atoms with E-state index in [0.717, 1.165) is 11.8 Å². The lowest BCUT2D eigenvalue weighted by Gasteiger charge is -2.46. The van der Waals surface area contributed by atoms with Gasteiger partial charge in [-0.3, -0.25) is 11.3 Å². The van der Waals surface area contributed by atoms with Gasteiger partial charge < -0.3 is 0 Å². The molecule has 0 radical (unpaired) electrons. The Labute approximate surface area is 113 Å². The summed E-state index contributed by atoms with van der Waals surface area (Å²) in [6.07, 6.45) is 13.9. The molecule has 0 heterocycles. The van der Waals surface area contributed by atoms with Crippen LogP contribution in [0.25, 0.3) is 0 Å². The Morgan fingerprint density at radius 1 is 1.11 bits per heavy atom. The summed E-state index contributed by atoms with van der Waals surface area (Å²) in [5.74, 6) is 7.74. The Balaban J connectivity index is 2.15. The van der Waals surface area contributed by atoms with Gasteiger partial charge in [-0.2, -0.15) is 0 Å². The summed E-state index contributed by atoms with van der Waals surface area (Å²) in [4.78, 5) is 0. The number of nitrogens with one attached hydrogen (secondary N) is 1. The van der Waals surface area contributed by atoms with E-state index in [1.165, 1.54) is 64.2 Å². The molecule has 0 aromatic rings. The fraction of sp³-hybridized carbons (Fsp3) is 1.00. The van der Waals surface area contributed by atoms with Crippen LogP contribution in [-0.2, 0) is 0 Å². The van der Waals surface area contributed by atoms with Crippen LogP contribution in [0.15, 0.2) is 0 Å².